The predicted molar refractivity (Wildman–Crippen MR) is 68.4 cm³/mol. The van der Waals surface area contributed by atoms with Gasteiger partial charge >= 0.3 is 5.97 Å². The van der Waals surface area contributed by atoms with Crippen LogP contribution in [-0.2, 0) is 9.53 Å². The van der Waals surface area contributed by atoms with Crippen LogP contribution in [0, 0.1) is 5.92 Å². The van der Waals surface area contributed by atoms with Crippen molar-refractivity contribution in [1.82, 2.24) is 0 Å². The Balaban J connectivity index is 2.43. The summed E-state index contributed by atoms with van der Waals surface area (Å²) in [7, 11) is 0. The van der Waals surface area contributed by atoms with E-state index in [1.807, 2.05) is 30.3 Å². The number of hydrogen-bond acceptors (Lipinski definition) is 3. The normalized spacial score (nSPS) is 14.1. The third-order valence-corrected chi connectivity index (χ3v) is 2.70. The summed E-state index contributed by atoms with van der Waals surface area (Å²) in [6.45, 7) is 4.64. The quantitative estimate of drug-likeness (QED) is 0.771. The number of hydrogen-bond donors (Lipinski definition) is 1. The lowest BCUT2D eigenvalue weighted by molar-refractivity contribution is -0.146. The third kappa shape index (κ3) is 4.57. The van der Waals surface area contributed by atoms with Gasteiger partial charge in [-0.3, -0.25) is 0 Å². The molecule has 0 bridgehead atoms. The largest absolute Gasteiger partial charge is 0.464 e. The van der Waals surface area contributed by atoms with Gasteiger partial charge in [0.15, 0.2) is 0 Å². The fraction of sp³-hybridized carbons (Fsp3) is 0.500. The Morgan fingerprint density at radius 1 is 1.35 bits per heavy atom. The first-order chi connectivity index (χ1) is 8.15. The zero-order valence-electron chi connectivity index (χ0n) is 10.6. The Hall–Kier alpha value is -1.35. The molecule has 0 saturated heterocycles. The fourth-order valence-electron chi connectivity index (χ4n) is 1.69. The Kier molecular flexibility index (Phi) is 5.70. The van der Waals surface area contributed by atoms with E-state index < -0.39 is 6.04 Å². The molecule has 0 heterocycles. The minimum Gasteiger partial charge on any atom is -0.464 e. The third-order valence-electron chi connectivity index (χ3n) is 2.70. The van der Waals surface area contributed by atoms with Gasteiger partial charge in [-0.15, -0.1) is 0 Å². The van der Waals surface area contributed by atoms with Crippen LogP contribution in [0.25, 0.3) is 0 Å². The second-order valence-electron chi connectivity index (χ2n) is 4.41. The van der Waals surface area contributed by atoms with Crippen LogP contribution in [-0.4, -0.2) is 12.6 Å². The van der Waals surface area contributed by atoms with Crippen LogP contribution in [0.3, 0.4) is 0 Å². The second kappa shape index (κ2) is 7.07. The summed E-state index contributed by atoms with van der Waals surface area (Å²) >= 11 is 0. The molecule has 0 aliphatic rings. The average molecular weight is 235 g/mol. The van der Waals surface area contributed by atoms with Crippen molar-refractivity contribution >= 4 is 5.97 Å². The maximum Gasteiger partial charge on any atom is 0.327 e. The molecule has 0 fully saturated rings. The van der Waals surface area contributed by atoms with E-state index in [0.717, 1.165) is 18.4 Å². The number of rotatable bonds is 6. The molecule has 2 atom stereocenters. The fourth-order valence-corrected chi connectivity index (χ4v) is 1.69. The first-order valence-corrected chi connectivity index (χ1v) is 6.12. The van der Waals surface area contributed by atoms with Gasteiger partial charge in [-0.05, 0) is 17.9 Å². The standard InChI is InChI=1S/C14H21NO2/c1-3-7-11(2)10-17-14(16)13(15)12-8-5-4-6-9-12/h4-6,8-9,11,13H,3,7,10,15H2,1-2H3. The van der Waals surface area contributed by atoms with Crippen molar-refractivity contribution < 1.29 is 9.53 Å². The van der Waals surface area contributed by atoms with Gasteiger partial charge < -0.3 is 10.5 Å². The molecule has 17 heavy (non-hydrogen) atoms. The Morgan fingerprint density at radius 3 is 2.59 bits per heavy atom. The highest BCUT2D eigenvalue weighted by Gasteiger charge is 2.17. The SMILES string of the molecule is CCCC(C)COC(=O)C(N)c1ccccc1. The van der Waals surface area contributed by atoms with E-state index in [1.54, 1.807) is 0 Å². The van der Waals surface area contributed by atoms with Gasteiger partial charge in [0.05, 0.1) is 6.61 Å². The highest BCUT2D eigenvalue weighted by Crippen LogP contribution is 2.12. The maximum atomic E-state index is 11.7. The summed E-state index contributed by atoms with van der Waals surface area (Å²) in [4.78, 5) is 11.7. The minimum atomic E-state index is -0.676. The zero-order chi connectivity index (χ0) is 12.7. The second-order valence-corrected chi connectivity index (χ2v) is 4.41. The molecule has 3 heteroatoms. The van der Waals surface area contributed by atoms with E-state index in [9.17, 15) is 4.79 Å². The number of carbonyl (C=O) groups excluding carboxylic acids is 1. The van der Waals surface area contributed by atoms with Gasteiger partial charge in [0.2, 0.25) is 0 Å². The molecule has 1 aromatic rings. The van der Waals surface area contributed by atoms with E-state index in [4.69, 9.17) is 10.5 Å². The molecule has 0 spiro atoms. The molecule has 94 valence electrons. The summed E-state index contributed by atoms with van der Waals surface area (Å²) in [5.74, 6) is 0.0473. The van der Waals surface area contributed by atoms with Crippen LogP contribution in [0.4, 0.5) is 0 Å². The highest BCUT2D eigenvalue weighted by molar-refractivity contribution is 5.77. The van der Waals surface area contributed by atoms with E-state index in [2.05, 4.69) is 13.8 Å². The van der Waals surface area contributed by atoms with Crippen molar-refractivity contribution in [2.24, 2.45) is 11.7 Å². The number of nitrogens with two attached hydrogens (primary N) is 1. The Bertz CT molecular complexity index is 337. The van der Waals surface area contributed by atoms with Crippen molar-refractivity contribution in [3.8, 4) is 0 Å². The lowest BCUT2D eigenvalue weighted by atomic mass is 10.1. The molecule has 2 unspecified atom stereocenters. The van der Waals surface area contributed by atoms with Gasteiger partial charge in [0, 0.05) is 0 Å². The van der Waals surface area contributed by atoms with Crippen molar-refractivity contribution in [3.63, 3.8) is 0 Å². The monoisotopic (exact) mass is 235 g/mol. The van der Waals surface area contributed by atoms with E-state index >= 15 is 0 Å². The van der Waals surface area contributed by atoms with E-state index in [0.29, 0.717) is 12.5 Å². The van der Waals surface area contributed by atoms with Gasteiger partial charge in [-0.1, -0.05) is 50.6 Å². The summed E-state index contributed by atoms with van der Waals surface area (Å²) in [6.07, 6.45) is 2.16. The molecule has 0 radical (unpaired) electrons. The summed E-state index contributed by atoms with van der Waals surface area (Å²) in [6, 6.07) is 8.61. The smallest absolute Gasteiger partial charge is 0.327 e. The molecule has 0 saturated carbocycles. The van der Waals surface area contributed by atoms with Crippen molar-refractivity contribution in [3.05, 3.63) is 35.9 Å². The van der Waals surface area contributed by atoms with E-state index in [1.165, 1.54) is 0 Å². The number of ether oxygens (including phenoxy) is 1. The lowest BCUT2D eigenvalue weighted by Gasteiger charge is -2.14. The van der Waals surface area contributed by atoms with Crippen LogP contribution in [0.1, 0.15) is 38.3 Å². The average Bonchev–Trinajstić information content (AvgIpc) is 2.36. The number of benzene rings is 1. The van der Waals surface area contributed by atoms with Gasteiger partial charge in [0.1, 0.15) is 6.04 Å². The van der Waals surface area contributed by atoms with Crippen LogP contribution in [0.5, 0.6) is 0 Å². The van der Waals surface area contributed by atoms with Gasteiger partial charge in [-0.2, -0.15) is 0 Å². The molecule has 0 amide bonds. The molecule has 3 nitrogen and oxygen atoms in total. The molecular weight excluding hydrogens is 214 g/mol. The highest BCUT2D eigenvalue weighted by atomic mass is 16.5. The lowest BCUT2D eigenvalue weighted by Crippen LogP contribution is -2.25. The Labute approximate surface area is 103 Å². The van der Waals surface area contributed by atoms with Crippen LogP contribution in [0.15, 0.2) is 30.3 Å². The van der Waals surface area contributed by atoms with Crippen LogP contribution in [0.2, 0.25) is 0 Å². The first kappa shape index (κ1) is 13.7. The van der Waals surface area contributed by atoms with Crippen molar-refractivity contribution in [2.45, 2.75) is 32.7 Å². The van der Waals surface area contributed by atoms with Crippen LogP contribution >= 0.6 is 0 Å². The van der Waals surface area contributed by atoms with E-state index in [-0.39, 0.29) is 5.97 Å². The molecule has 1 rings (SSSR count). The predicted octanol–water partition coefficient (Wildman–Crippen LogP) is 2.67. The maximum absolute atomic E-state index is 11.7. The van der Waals surface area contributed by atoms with Crippen molar-refractivity contribution in [2.75, 3.05) is 6.61 Å². The molecule has 0 aliphatic heterocycles. The molecule has 0 aliphatic carbocycles. The molecule has 0 aromatic heterocycles. The molecule has 1 aromatic carbocycles. The topological polar surface area (TPSA) is 52.3 Å². The number of esters is 1. The molecule has 2 N–H and O–H groups in total. The summed E-state index contributed by atoms with van der Waals surface area (Å²) in [5, 5.41) is 0. The summed E-state index contributed by atoms with van der Waals surface area (Å²) in [5.41, 5.74) is 6.62. The summed E-state index contributed by atoms with van der Waals surface area (Å²) < 4.78 is 5.21. The first-order valence-electron chi connectivity index (χ1n) is 6.12. The van der Waals surface area contributed by atoms with Crippen LogP contribution < -0.4 is 5.73 Å². The van der Waals surface area contributed by atoms with Gasteiger partial charge in [0.25, 0.3) is 0 Å². The van der Waals surface area contributed by atoms with Crippen molar-refractivity contribution in [1.29, 1.82) is 0 Å². The number of carbonyl (C=O) groups is 1. The minimum absolute atomic E-state index is 0.348. The zero-order valence-corrected chi connectivity index (χ0v) is 10.6. The molecular formula is C14H21NO2. The Morgan fingerprint density at radius 2 is 2.00 bits per heavy atom. The van der Waals surface area contributed by atoms with Gasteiger partial charge in [-0.25, -0.2) is 4.79 Å².